The van der Waals surface area contributed by atoms with Crippen molar-refractivity contribution in [1.29, 1.82) is 0 Å². The predicted octanol–water partition coefficient (Wildman–Crippen LogP) is 2.61. The van der Waals surface area contributed by atoms with Gasteiger partial charge in [0.1, 0.15) is 5.82 Å². The lowest BCUT2D eigenvalue weighted by Crippen LogP contribution is -2.25. The molecule has 3 aromatic heterocycles. The SMILES string of the molecule is CCN1c2ncccc2C(=O)N(C)c2ccc(-c3cn[nH]c3)nc21. The number of hydrogen-bond acceptors (Lipinski definition) is 5. The molecule has 0 bridgehead atoms. The Bertz CT molecular complexity index is 905. The molecule has 7 heteroatoms. The molecule has 0 aromatic carbocycles. The van der Waals surface area contributed by atoms with E-state index < -0.39 is 0 Å². The van der Waals surface area contributed by atoms with E-state index in [9.17, 15) is 4.79 Å². The van der Waals surface area contributed by atoms with E-state index in [1.54, 1.807) is 42.7 Å². The highest BCUT2D eigenvalue weighted by Gasteiger charge is 2.30. The van der Waals surface area contributed by atoms with Crippen LogP contribution in [0.5, 0.6) is 0 Å². The number of amides is 1. The molecular formula is C17H16N6O. The van der Waals surface area contributed by atoms with Crippen LogP contribution in [0.4, 0.5) is 17.3 Å². The fourth-order valence-electron chi connectivity index (χ4n) is 2.92. The quantitative estimate of drug-likeness (QED) is 0.785. The van der Waals surface area contributed by atoms with Gasteiger partial charge in [0, 0.05) is 31.5 Å². The van der Waals surface area contributed by atoms with Crippen molar-refractivity contribution >= 4 is 23.2 Å². The van der Waals surface area contributed by atoms with Gasteiger partial charge in [0.05, 0.1) is 23.1 Å². The van der Waals surface area contributed by atoms with E-state index in [4.69, 9.17) is 4.98 Å². The van der Waals surface area contributed by atoms with Gasteiger partial charge in [-0.3, -0.25) is 9.89 Å². The van der Waals surface area contributed by atoms with Crippen molar-refractivity contribution in [2.24, 2.45) is 0 Å². The lowest BCUT2D eigenvalue weighted by atomic mass is 10.2. The van der Waals surface area contributed by atoms with Crippen LogP contribution in [0.2, 0.25) is 0 Å². The number of carbonyl (C=O) groups excluding carboxylic acids is 1. The average Bonchev–Trinajstić information content (AvgIpc) is 3.13. The maximum absolute atomic E-state index is 12.8. The summed E-state index contributed by atoms with van der Waals surface area (Å²) in [6.07, 6.45) is 5.21. The molecule has 0 saturated carbocycles. The number of nitrogens with one attached hydrogen (secondary N) is 1. The Hall–Kier alpha value is -3.22. The molecule has 0 fully saturated rings. The van der Waals surface area contributed by atoms with Gasteiger partial charge in [-0.1, -0.05) is 0 Å². The molecule has 0 atom stereocenters. The molecule has 1 aliphatic rings. The van der Waals surface area contributed by atoms with E-state index in [2.05, 4.69) is 15.2 Å². The van der Waals surface area contributed by atoms with Crippen molar-refractivity contribution in [3.05, 3.63) is 48.4 Å². The Morgan fingerprint density at radius 3 is 2.83 bits per heavy atom. The first-order valence-corrected chi connectivity index (χ1v) is 7.71. The third-order valence-corrected chi connectivity index (χ3v) is 4.16. The second kappa shape index (κ2) is 5.45. The van der Waals surface area contributed by atoms with Crippen LogP contribution < -0.4 is 9.80 Å². The molecule has 4 heterocycles. The Morgan fingerprint density at radius 1 is 1.21 bits per heavy atom. The molecule has 0 unspecified atom stereocenters. The van der Waals surface area contributed by atoms with E-state index in [1.807, 2.05) is 24.0 Å². The van der Waals surface area contributed by atoms with Crippen LogP contribution in [0.1, 0.15) is 17.3 Å². The monoisotopic (exact) mass is 320 g/mol. The van der Waals surface area contributed by atoms with Gasteiger partial charge in [-0.05, 0) is 31.2 Å². The van der Waals surface area contributed by atoms with Crippen molar-refractivity contribution in [2.45, 2.75) is 6.92 Å². The molecule has 1 N–H and O–H groups in total. The van der Waals surface area contributed by atoms with Gasteiger partial charge in [-0.2, -0.15) is 5.10 Å². The van der Waals surface area contributed by atoms with Crippen LogP contribution in [0.15, 0.2) is 42.9 Å². The van der Waals surface area contributed by atoms with Crippen molar-refractivity contribution < 1.29 is 4.79 Å². The first-order chi connectivity index (χ1) is 11.7. The van der Waals surface area contributed by atoms with E-state index >= 15 is 0 Å². The minimum absolute atomic E-state index is 0.0897. The van der Waals surface area contributed by atoms with Gasteiger partial charge >= 0.3 is 0 Å². The second-order valence-corrected chi connectivity index (χ2v) is 5.51. The molecule has 24 heavy (non-hydrogen) atoms. The number of rotatable bonds is 2. The first-order valence-electron chi connectivity index (χ1n) is 7.71. The largest absolute Gasteiger partial charge is 0.309 e. The maximum atomic E-state index is 12.8. The molecule has 0 aliphatic carbocycles. The molecule has 7 nitrogen and oxygen atoms in total. The number of anilines is 3. The molecular weight excluding hydrogens is 304 g/mol. The van der Waals surface area contributed by atoms with Crippen LogP contribution in [0.25, 0.3) is 11.3 Å². The number of carbonyl (C=O) groups is 1. The lowest BCUT2D eigenvalue weighted by Gasteiger charge is -2.23. The van der Waals surface area contributed by atoms with Crippen LogP contribution in [0, 0.1) is 0 Å². The van der Waals surface area contributed by atoms with Crippen molar-refractivity contribution in [2.75, 3.05) is 23.4 Å². The highest BCUT2D eigenvalue weighted by atomic mass is 16.2. The minimum Gasteiger partial charge on any atom is -0.309 e. The standard InChI is InChI=1S/C17H16N6O/c1-3-23-15-12(5-4-8-18-15)17(24)22(2)14-7-6-13(21-16(14)23)11-9-19-20-10-11/h4-10H,3H2,1-2H3,(H,19,20). The van der Waals surface area contributed by atoms with Crippen LogP contribution in [-0.2, 0) is 0 Å². The molecule has 0 saturated heterocycles. The van der Waals surface area contributed by atoms with Crippen molar-refractivity contribution in [3.63, 3.8) is 0 Å². The Labute approximate surface area is 139 Å². The van der Waals surface area contributed by atoms with Gasteiger partial charge in [0.2, 0.25) is 0 Å². The zero-order chi connectivity index (χ0) is 16.7. The minimum atomic E-state index is -0.0897. The summed E-state index contributed by atoms with van der Waals surface area (Å²) >= 11 is 0. The van der Waals surface area contributed by atoms with Gasteiger partial charge in [-0.15, -0.1) is 0 Å². The summed E-state index contributed by atoms with van der Waals surface area (Å²) in [5.74, 6) is 1.25. The number of H-pyrrole nitrogens is 1. The van der Waals surface area contributed by atoms with Gasteiger partial charge < -0.3 is 9.80 Å². The fourth-order valence-corrected chi connectivity index (χ4v) is 2.92. The number of aromatic nitrogens is 4. The van der Waals surface area contributed by atoms with Gasteiger partial charge in [0.25, 0.3) is 5.91 Å². The fraction of sp³-hybridized carbons (Fsp3) is 0.176. The summed E-state index contributed by atoms with van der Waals surface area (Å²) < 4.78 is 0. The second-order valence-electron chi connectivity index (χ2n) is 5.51. The Morgan fingerprint density at radius 2 is 2.08 bits per heavy atom. The lowest BCUT2D eigenvalue weighted by molar-refractivity contribution is 0.0994. The zero-order valence-corrected chi connectivity index (χ0v) is 13.4. The predicted molar refractivity (Wildman–Crippen MR) is 91.5 cm³/mol. The molecule has 4 rings (SSSR count). The number of pyridine rings is 2. The van der Waals surface area contributed by atoms with E-state index in [0.29, 0.717) is 23.7 Å². The number of fused-ring (bicyclic) bond motifs is 2. The van der Waals surface area contributed by atoms with Gasteiger partial charge in [0.15, 0.2) is 5.82 Å². The third kappa shape index (κ3) is 2.05. The Balaban J connectivity index is 1.96. The van der Waals surface area contributed by atoms with Crippen LogP contribution in [-0.4, -0.2) is 39.7 Å². The van der Waals surface area contributed by atoms with Crippen LogP contribution >= 0.6 is 0 Å². The molecule has 0 radical (unpaired) electrons. The van der Waals surface area contributed by atoms with E-state index in [0.717, 1.165) is 16.9 Å². The summed E-state index contributed by atoms with van der Waals surface area (Å²) in [7, 11) is 1.76. The molecule has 0 spiro atoms. The van der Waals surface area contributed by atoms with E-state index in [-0.39, 0.29) is 5.91 Å². The maximum Gasteiger partial charge on any atom is 0.261 e. The topological polar surface area (TPSA) is 78.0 Å². The Kier molecular flexibility index (Phi) is 3.26. The number of hydrogen-bond donors (Lipinski definition) is 1. The average molecular weight is 320 g/mol. The summed E-state index contributed by atoms with van der Waals surface area (Å²) in [5.41, 5.74) is 3.02. The van der Waals surface area contributed by atoms with Gasteiger partial charge in [-0.25, -0.2) is 9.97 Å². The number of nitrogens with zero attached hydrogens (tertiary/aromatic N) is 5. The summed E-state index contributed by atoms with van der Waals surface area (Å²) in [6.45, 7) is 2.67. The van der Waals surface area contributed by atoms with Crippen molar-refractivity contribution in [1.82, 2.24) is 20.2 Å². The molecule has 1 amide bonds. The number of aromatic amines is 1. The van der Waals surface area contributed by atoms with Crippen LogP contribution in [0.3, 0.4) is 0 Å². The highest BCUT2D eigenvalue weighted by molar-refractivity contribution is 6.12. The zero-order valence-electron chi connectivity index (χ0n) is 13.4. The first kappa shape index (κ1) is 14.4. The molecule has 120 valence electrons. The molecule has 1 aliphatic heterocycles. The summed E-state index contributed by atoms with van der Waals surface area (Å²) in [4.78, 5) is 25.6. The summed E-state index contributed by atoms with van der Waals surface area (Å²) in [5, 5.41) is 6.77. The normalized spacial score (nSPS) is 13.5. The molecule has 3 aromatic rings. The van der Waals surface area contributed by atoms with Crippen molar-refractivity contribution in [3.8, 4) is 11.3 Å². The highest BCUT2D eigenvalue weighted by Crippen LogP contribution is 2.38. The third-order valence-electron chi connectivity index (χ3n) is 4.16. The van der Waals surface area contributed by atoms with E-state index in [1.165, 1.54) is 0 Å². The summed E-state index contributed by atoms with van der Waals surface area (Å²) in [6, 6.07) is 7.38. The smallest absolute Gasteiger partial charge is 0.261 e.